The van der Waals surface area contributed by atoms with Crippen molar-refractivity contribution in [3.8, 4) is 5.75 Å². The van der Waals surface area contributed by atoms with Gasteiger partial charge in [-0.3, -0.25) is 0 Å². The molecule has 0 saturated carbocycles. The third-order valence-corrected chi connectivity index (χ3v) is 5.74. The molecule has 0 radical (unpaired) electrons. The number of anilines is 2. The minimum absolute atomic E-state index is 0.348. The third-order valence-electron chi connectivity index (χ3n) is 3.89. The Morgan fingerprint density at radius 3 is 2.54 bits per heavy atom. The van der Waals surface area contributed by atoms with Gasteiger partial charge in [-0.1, -0.05) is 6.07 Å². The number of fused-ring (bicyclic) bond motifs is 1. The zero-order chi connectivity index (χ0) is 20.1. The molecule has 2 aromatic carbocycles. The number of ether oxygens (including phenoxy) is 2. The first-order chi connectivity index (χ1) is 13.5. The molecule has 8 heteroatoms. The van der Waals surface area contributed by atoms with Gasteiger partial charge in [0.25, 0.3) is 0 Å². The summed E-state index contributed by atoms with van der Waals surface area (Å²) < 4.78 is 11.4. The zero-order valence-electron chi connectivity index (χ0n) is 15.7. The summed E-state index contributed by atoms with van der Waals surface area (Å²) >= 11 is 2.91. The highest BCUT2D eigenvalue weighted by Gasteiger charge is 2.20. The second-order valence-corrected chi connectivity index (χ2v) is 7.64. The number of hydrogen-bond donors (Lipinski definition) is 2. The molecule has 6 nitrogen and oxygen atoms in total. The van der Waals surface area contributed by atoms with Crippen LogP contribution in [-0.4, -0.2) is 32.0 Å². The fraction of sp³-hybridized carbons (Fsp3) is 0.200. The van der Waals surface area contributed by atoms with Crippen molar-refractivity contribution in [2.45, 2.75) is 11.8 Å². The number of thiophene rings is 1. The van der Waals surface area contributed by atoms with Crippen LogP contribution in [0.2, 0.25) is 0 Å². The normalized spacial score (nSPS) is 10.5. The van der Waals surface area contributed by atoms with E-state index in [1.807, 2.05) is 43.5 Å². The quantitative estimate of drug-likeness (QED) is 0.413. The lowest BCUT2D eigenvalue weighted by molar-refractivity contribution is 0.0602. The fourth-order valence-corrected chi connectivity index (χ4v) is 4.17. The summed E-state index contributed by atoms with van der Waals surface area (Å²) in [6.07, 6.45) is 1.98. The summed E-state index contributed by atoms with van der Waals surface area (Å²) in [5.41, 5.74) is 1.31. The van der Waals surface area contributed by atoms with Crippen LogP contribution in [0, 0.1) is 0 Å². The SMILES string of the molecule is CCOc1c(C(=O)OC)sc2ccc(NC(=O)Nc3cccc(SC)c3)cc12. The number of nitrogens with one attached hydrogen (secondary N) is 2. The predicted octanol–water partition coefficient (Wildman–Crippen LogP) is 5.45. The first kappa shape index (κ1) is 20.0. The summed E-state index contributed by atoms with van der Waals surface area (Å²) in [5.74, 6) is 0.0386. The number of hydrogen-bond acceptors (Lipinski definition) is 6. The van der Waals surface area contributed by atoms with Crippen molar-refractivity contribution in [2.24, 2.45) is 0 Å². The summed E-state index contributed by atoms with van der Waals surface area (Å²) in [6.45, 7) is 2.27. The zero-order valence-corrected chi connectivity index (χ0v) is 17.3. The molecule has 0 unspecified atom stereocenters. The molecule has 2 amide bonds. The molecule has 1 heterocycles. The largest absolute Gasteiger partial charge is 0.491 e. The highest BCUT2D eigenvalue weighted by atomic mass is 32.2. The highest BCUT2D eigenvalue weighted by Crippen LogP contribution is 2.39. The molecule has 0 spiro atoms. The number of esters is 1. The number of amides is 2. The van der Waals surface area contributed by atoms with Crippen molar-refractivity contribution in [3.05, 3.63) is 47.3 Å². The maximum Gasteiger partial charge on any atom is 0.351 e. The van der Waals surface area contributed by atoms with Crippen molar-refractivity contribution < 1.29 is 19.1 Å². The van der Waals surface area contributed by atoms with Crippen LogP contribution < -0.4 is 15.4 Å². The molecule has 28 heavy (non-hydrogen) atoms. The highest BCUT2D eigenvalue weighted by molar-refractivity contribution is 7.98. The number of methoxy groups -OCH3 is 1. The number of thioether (sulfide) groups is 1. The Bertz CT molecular complexity index is 1020. The first-order valence-corrected chi connectivity index (χ1v) is 10.6. The maximum absolute atomic E-state index is 12.4. The molecule has 146 valence electrons. The van der Waals surface area contributed by atoms with E-state index in [1.54, 1.807) is 23.9 Å². The standard InChI is InChI=1S/C20H20N2O4S2/c1-4-26-17-15-11-13(8-9-16(15)28-18(17)19(23)25-2)22-20(24)21-12-6-5-7-14(10-12)27-3/h5-11H,4H2,1-3H3,(H2,21,22,24). The Hall–Kier alpha value is -2.71. The van der Waals surface area contributed by atoms with Crippen molar-refractivity contribution in [3.63, 3.8) is 0 Å². The molecule has 0 aliphatic heterocycles. The lowest BCUT2D eigenvalue weighted by Gasteiger charge is -2.09. The van der Waals surface area contributed by atoms with Gasteiger partial charge in [-0.05, 0) is 49.6 Å². The lowest BCUT2D eigenvalue weighted by Crippen LogP contribution is -2.19. The molecule has 0 aliphatic rings. The summed E-state index contributed by atoms with van der Waals surface area (Å²) in [5, 5.41) is 6.40. The number of benzene rings is 2. The Labute approximate surface area is 171 Å². The van der Waals surface area contributed by atoms with Crippen LogP contribution in [0.25, 0.3) is 10.1 Å². The lowest BCUT2D eigenvalue weighted by atomic mass is 10.2. The van der Waals surface area contributed by atoms with Gasteiger partial charge in [-0.25, -0.2) is 9.59 Å². The Kier molecular flexibility index (Phi) is 6.43. The molecular formula is C20H20N2O4S2. The predicted molar refractivity (Wildman–Crippen MR) is 115 cm³/mol. The maximum atomic E-state index is 12.4. The van der Waals surface area contributed by atoms with E-state index in [9.17, 15) is 9.59 Å². The third kappa shape index (κ3) is 4.40. The van der Waals surface area contributed by atoms with Crippen LogP contribution in [0.3, 0.4) is 0 Å². The van der Waals surface area contributed by atoms with Gasteiger partial charge in [0.05, 0.1) is 13.7 Å². The number of urea groups is 1. The van der Waals surface area contributed by atoms with E-state index in [0.29, 0.717) is 28.6 Å². The van der Waals surface area contributed by atoms with Gasteiger partial charge >= 0.3 is 12.0 Å². The number of rotatable bonds is 6. The Morgan fingerprint density at radius 1 is 1.11 bits per heavy atom. The van der Waals surface area contributed by atoms with E-state index < -0.39 is 5.97 Å². The molecule has 0 atom stereocenters. The first-order valence-electron chi connectivity index (χ1n) is 8.55. The van der Waals surface area contributed by atoms with Crippen LogP contribution in [0.1, 0.15) is 16.6 Å². The van der Waals surface area contributed by atoms with Crippen LogP contribution in [0.4, 0.5) is 16.2 Å². The average Bonchev–Trinajstić information content (AvgIpc) is 3.05. The monoisotopic (exact) mass is 416 g/mol. The number of carbonyl (C=O) groups excluding carboxylic acids is 2. The molecule has 3 rings (SSSR count). The minimum atomic E-state index is -0.439. The van der Waals surface area contributed by atoms with Crippen LogP contribution >= 0.6 is 23.1 Å². The van der Waals surface area contributed by atoms with Gasteiger partial charge in [0, 0.05) is 26.4 Å². The van der Waals surface area contributed by atoms with Crippen LogP contribution in [0.5, 0.6) is 5.75 Å². The number of carbonyl (C=O) groups is 2. The van der Waals surface area contributed by atoms with Crippen LogP contribution in [0.15, 0.2) is 47.4 Å². The van der Waals surface area contributed by atoms with Gasteiger partial charge < -0.3 is 20.1 Å². The molecule has 0 fully saturated rings. The van der Waals surface area contributed by atoms with Gasteiger partial charge in [0.2, 0.25) is 0 Å². The van der Waals surface area contributed by atoms with E-state index in [2.05, 4.69) is 10.6 Å². The fourth-order valence-electron chi connectivity index (χ4n) is 2.66. The summed E-state index contributed by atoms with van der Waals surface area (Å²) in [7, 11) is 1.34. The summed E-state index contributed by atoms with van der Waals surface area (Å²) in [4.78, 5) is 25.9. The molecule has 0 aliphatic carbocycles. The van der Waals surface area contributed by atoms with Crippen molar-refractivity contribution in [1.29, 1.82) is 0 Å². The van der Waals surface area contributed by atoms with E-state index in [1.165, 1.54) is 18.4 Å². The molecule has 2 N–H and O–H groups in total. The molecule has 0 bridgehead atoms. The second kappa shape index (κ2) is 8.99. The van der Waals surface area contributed by atoms with E-state index in [-0.39, 0.29) is 6.03 Å². The van der Waals surface area contributed by atoms with Crippen molar-refractivity contribution >= 4 is 56.6 Å². The molecule has 3 aromatic rings. The smallest absolute Gasteiger partial charge is 0.351 e. The van der Waals surface area contributed by atoms with Gasteiger partial charge in [-0.2, -0.15) is 0 Å². The second-order valence-electron chi connectivity index (χ2n) is 5.71. The Morgan fingerprint density at radius 2 is 1.86 bits per heavy atom. The van der Waals surface area contributed by atoms with E-state index >= 15 is 0 Å². The van der Waals surface area contributed by atoms with E-state index in [0.717, 1.165) is 15.0 Å². The average molecular weight is 417 g/mol. The van der Waals surface area contributed by atoms with Crippen molar-refractivity contribution in [1.82, 2.24) is 0 Å². The summed E-state index contributed by atoms with van der Waals surface area (Å²) in [6, 6.07) is 12.7. The van der Waals surface area contributed by atoms with Gasteiger partial charge in [0.15, 0.2) is 10.6 Å². The van der Waals surface area contributed by atoms with E-state index in [4.69, 9.17) is 9.47 Å². The minimum Gasteiger partial charge on any atom is -0.491 e. The topological polar surface area (TPSA) is 76.7 Å². The molecule has 1 aromatic heterocycles. The van der Waals surface area contributed by atoms with Gasteiger partial charge in [-0.15, -0.1) is 23.1 Å². The Balaban J connectivity index is 1.83. The molecular weight excluding hydrogens is 396 g/mol. The molecule has 0 saturated heterocycles. The van der Waals surface area contributed by atoms with Crippen molar-refractivity contribution in [2.75, 3.05) is 30.6 Å². The van der Waals surface area contributed by atoms with Crippen LogP contribution in [-0.2, 0) is 4.74 Å². The van der Waals surface area contributed by atoms with Gasteiger partial charge in [0.1, 0.15) is 0 Å².